The van der Waals surface area contributed by atoms with Gasteiger partial charge in [-0.15, -0.1) is 0 Å². The van der Waals surface area contributed by atoms with Gasteiger partial charge in [0.1, 0.15) is 11.2 Å². The van der Waals surface area contributed by atoms with Crippen LogP contribution in [0.4, 0.5) is 13.6 Å². The average molecular weight is 292 g/mol. The van der Waals surface area contributed by atoms with E-state index in [1.54, 1.807) is 20.8 Å². The van der Waals surface area contributed by atoms with E-state index in [1.807, 2.05) is 0 Å². The Labute approximate surface area is 117 Å². The number of rotatable bonds is 1. The number of carbonyl (C=O) groups is 1. The van der Waals surface area contributed by atoms with Crippen molar-refractivity contribution in [2.45, 2.75) is 62.7 Å². The molecule has 3 N–H and O–H groups in total. The molecule has 1 aliphatic heterocycles. The zero-order chi connectivity index (χ0) is 15.4. The van der Waals surface area contributed by atoms with Crippen molar-refractivity contribution in [3.8, 4) is 0 Å². The largest absolute Gasteiger partial charge is 0.444 e. The molecular formula is C13H22F2N2O3. The minimum absolute atomic E-state index is 0.0610. The maximum atomic E-state index is 13.0. The number of ether oxygens (including phenoxy) is 1. The molecule has 0 aromatic carbocycles. The van der Waals surface area contributed by atoms with Crippen LogP contribution in [0.15, 0.2) is 0 Å². The van der Waals surface area contributed by atoms with Crippen LogP contribution in [0.5, 0.6) is 0 Å². The van der Waals surface area contributed by atoms with Crippen molar-refractivity contribution in [1.29, 1.82) is 0 Å². The number of aliphatic hydroxyl groups is 1. The molecule has 1 aliphatic carbocycles. The highest BCUT2D eigenvalue weighted by Crippen LogP contribution is 2.51. The average Bonchev–Trinajstić information content (AvgIpc) is 2.56. The van der Waals surface area contributed by atoms with Gasteiger partial charge in [0, 0.05) is 19.4 Å². The highest BCUT2D eigenvalue weighted by molar-refractivity contribution is 5.68. The van der Waals surface area contributed by atoms with Crippen molar-refractivity contribution >= 4 is 6.09 Å². The van der Waals surface area contributed by atoms with Gasteiger partial charge in [-0.05, 0) is 27.2 Å². The summed E-state index contributed by atoms with van der Waals surface area (Å²) < 4.78 is 31.3. The standard InChI is InChI=1S/C13H22F2N2O3/c1-10(2,3)20-9(18)17-5-4-12(19,8-17)11(16)6-13(14,15)7-11/h19H,4-8,16H2,1-3H3. The second-order valence-corrected chi connectivity index (χ2v) is 7.05. The molecule has 1 amide bonds. The molecule has 1 saturated carbocycles. The third-order valence-electron chi connectivity index (χ3n) is 3.97. The van der Waals surface area contributed by atoms with Gasteiger partial charge in [-0.25, -0.2) is 13.6 Å². The predicted molar refractivity (Wildman–Crippen MR) is 68.5 cm³/mol. The summed E-state index contributed by atoms with van der Waals surface area (Å²) in [5.41, 5.74) is 2.47. The van der Waals surface area contributed by atoms with Gasteiger partial charge in [-0.1, -0.05) is 0 Å². The van der Waals surface area contributed by atoms with Crippen LogP contribution in [0.2, 0.25) is 0 Å². The minimum Gasteiger partial charge on any atom is -0.444 e. The van der Waals surface area contributed by atoms with Crippen molar-refractivity contribution in [2.75, 3.05) is 13.1 Å². The first kappa shape index (κ1) is 15.4. The molecule has 1 unspecified atom stereocenters. The normalized spacial score (nSPS) is 31.9. The van der Waals surface area contributed by atoms with E-state index in [2.05, 4.69) is 0 Å². The Morgan fingerprint density at radius 1 is 1.35 bits per heavy atom. The Balaban J connectivity index is 2.00. The van der Waals surface area contributed by atoms with Crippen LogP contribution in [-0.2, 0) is 4.74 Å². The maximum absolute atomic E-state index is 13.0. The first-order valence-corrected chi connectivity index (χ1v) is 6.73. The van der Waals surface area contributed by atoms with Gasteiger partial charge in [-0.3, -0.25) is 0 Å². The number of hydrogen-bond acceptors (Lipinski definition) is 4. The van der Waals surface area contributed by atoms with Gasteiger partial charge in [-0.2, -0.15) is 0 Å². The van der Waals surface area contributed by atoms with E-state index in [4.69, 9.17) is 10.5 Å². The van der Waals surface area contributed by atoms with Gasteiger partial charge in [0.05, 0.1) is 12.1 Å². The lowest BCUT2D eigenvalue weighted by Crippen LogP contribution is -2.72. The fourth-order valence-electron chi connectivity index (χ4n) is 2.88. The summed E-state index contributed by atoms with van der Waals surface area (Å²) in [6.45, 7) is 5.42. The number of hydrogen-bond donors (Lipinski definition) is 2. The smallest absolute Gasteiger partial charge is 0.410 e. The van der Waals surface area contributed by atoms with Gasteiger partial charge in [0.2, 0.25) is 0 Å². The summed E-state index contributed by atoms with van der Waals surface area (Å²) >= 11 is 0. The van der Waals surface area contributed by atoms with E-state index < -0.39 is 41.6 Å². The fraction of sp³-hybridized carbons (Fsp3) is 0.923. The van der Waals surface area contributed by atoms with Gasteiger partial charge >= 0.3 is 6.09 Å². The number of nitrogens with zero attached hydrogens (tertiary/aromatic N) is 1. The molecule has 2 fully saturated rings. The molecule has 0 radical (unpaired) electrons. The lowest BCUT2D eigenvalue weighted by Gasteiger charge is -2.52. The number of amides is 1. The van der Waals surface area contributed by atoms with Crippen molar-refractivity contribution in [1.82, 2.24) is 4.90 Å². The molecule has 1 heterocycles. The Kier molecular flexibility index (Phi) is 3.30. The third kappa shape index (κ3) is 2.74. The van der Waals surface area contributed by atoms with Crippen LogP contribution in [-0.4, -0.2) is 51.9 Å². The quantitative estimate of drug-likeness (QED) is 0.767. The molecule has 20 heavy (non-hydrogen) atoms. The van der Waals surface area contributed by atoms with E-state index in [9.17, 15) is 18.7 Å². The summed E-state index contributed by atoms with van der Waals surface area (Å²) in [4.78, 5) is 13.2. The Morgan fingerprint density at radius 3 is 2.35 bits per heavy atom. The molecule has 0 bridgehead atoms. The van der Waals surface area contributed by atoms with E-state index in [-0.39, 0.29) is 19.5 Å². The Morgan fingerprint density at radius 2 is 1.90 bits per heavy atom. The first-order valence-electron chi connectivity index (χ1n) is 6.73. The number of carbonyl (C=O) groups excluding carboxylic acids is 1. The highest BCUT2D eigenvalue weighted by Gasteiger charge is 2.65. The van der Waals surface area contributed by atoms with Crippen LogP contribution in [0.25, 0.3) is 0 Å². The van der Waals surface area contributed by atoms with Crippen LogP contribution in [0.1, 0.15) is 40.0 Å². The van der Waals surface area contributed by atoms with Crippen LogP contribution in [0, 0.1) is 0 Å². The molecule has 0 spiro atoms. The van der Waals surface area contributed by atoms with Gasteiger partial charge < -0.3 is 20.5 Å². The number of likely N-dealkylation sites (tertiary alicyclic amines) is 1. The monoisotopic (exact) mass is 292 g/mol. The molecule has 116 valence electrons. The number of β-amino-alcohol motifs (C(OH)–C–C–N with tert-alkyl or cyclic N) is 1. The van der Waals surface area contributed by atoms with Crippen molar-refractivity contribution in [2.24, 2.45) is 5.73 Å². The van der Waals surface area contributed by atoms with E-state index in [0.717, 1.165) is 0 Å². The summed E-state index contributed by atoms with van der Waals surface area (Å²) in [5, 5.41) is 10.5. The summed E-state index contributed by atoms with van der Waals surface area (Å²) in [7, 11) is 0. The molecule has 1 atom stereocenters. The summed E-state index contributed by atoms with van der Waals surface area (Å²) in [6.07, 6.45) is -1.45. The third-order valence-corrected chi connectivity index (χ3v) is 3.97. The topological polar surface area (TPSA) is 75.8 Å². The number of nitrogens with two attached hydrogens (primary N) is 1. The molecule has 1 saturated heterocycles. The SMILES string of the molecule is CC(C)(C)OC(=O)N1CCC(O)(C2(N)CC(F)(F)C2)C1. The lowest BCUT2D eigenvalue weighted by atomic mass is 9.63. The maximum Gasteiger partial charge on any atom is 0.410 e. The lowest BCUT2D eigenvalue weighted by molar-refractivity contribution is -0.186. The first-order chi connectivity index (χ1) is 8.86. The summed E-state index contributed by atoms with van der Waals surface area (Å²) in [6, 6.07) is 0. The van der Waals surface area contributed by atoms with Crippen molar-refractivity contribution in [3.63, 3.8) is 0 Å². The highest BCUT2D eigenvalue weighted by atomic mass is 19.3. The van der Waals surface area contributed by atoms with E-state index >= 15 is 0 Å². The predicted octanol–water partition coefficient (Wildman–Crippen LogP) is 1.48. The molecule has 2 rings (SSSR count). The van der Waals surface area contributed by atoms with Gasteiger partial charge in [0.25, 0.3) is 5.92 Å². The molecule has 5 nitrogen and oxygen atoms in total. The zero-order valence-electron chi connectivity index (χ0n) is 12.1. The molecule has 2 aliphatic rings. The van der Waals surface area contributed by atoms with Crippen LogP contribution >= 0.6 is 0 Å². The van der Waals surface area contributed by atoms with Crippen LogP contribution < -0.4 is 5.73 Å². The minimum atomic E-state index is -2.82. The molecule has 0 aromatic heterocycles. The number of halogens is 2. The fourth-order valence-corrected chi connectivity index (χ4v) is 2.88. The van der Waals surface area contributed by atoms with E-state index in [1.165, 1.54) is 4.90 Å². The molecular weight excluding hydrogens is 270 g/mol. The Bertz CT molecular complexity index is 414. The molecule has 0 aromatic rings. The molecule has 7 heteroatoms. The van der Waals surface area contributed by atoms with Crippen molar-refractivity contribution in [3.05, 3.63) is 0 Å². The second kappa shape index (κ2) is 4.27. The second-order valence-electron chi connectivity index (χ2n) is 7.05. The zero-order valence-corrected chi connectivity index (χ0v) is 12.1. The van der Waals surface area contributed by atoms with Crippen molar-refractivity contribution < 1.29 is 23.4 Å². The Hall–Kier alpha value is -0.950. The van der Waals surface area contributed by atoms with Gasteiger partial charge in [0.15, 0.2) is 0 Å². The van der Waals surface area contributed by atoms with E-state index in [0.29, 0.717) is 0 Å². The summed E-state index contributed by atoms with van der Waals surface area (Å²) in [5.74, 6) is -2.82. The van der Waals surface area contributed by atoms with Crippen LogP contribution in [0.3, 0.4) is 0 Å². The number of alkyl halides is 2.